The Bertz CT molecular complexity index is 619. The molecule has 0 radical (unpaired) electrons. The highest BCUT2D eigenvalue weighted by Gasteiger charge is 2.34. The lowest BCUT2D eigenvalue weighted by atomic mass is 10.1. The van der Waals surface area contributed by atoms with Crippen LogP contribution in [-0.4, -0.2) is 57.7 Å². The van der Waals surface area contributed by atoms with Gasteiger partial charge < -0.3 is 5.32 Å². The summed E-state index contributed by atoms with van der Waals surface area (Å²) in [4.78, 5) is 5.46. The molecule has 0 spiro atoms. The Morgan fingerprint density at radius 1 is 1.39 bits per heavy atom. The number of sulfonamides is 1. The Balaban J connectivity index is 1.83. The van der Waals surface area contributed by atoms with Gasteiger partial charge in [0.1, 0.15) is 10.7 Å². The topological polar surface area (TPSA) is 74.3 Å². The average Bonchev–Trinajstić information content (AvgIpc) is 2.91. The minimum atomic E-state index is -4.17. The van der Waals surface area contributed by atoms with Crippen molar-refractivity contribution in [2.24, 2.45) is 5.92 Å². The van der Waals surface area contributed by atoms with Crippen LogP contribution < -0.4 is 10.0 Å². The summed E-state index contributed by atoms with van der Waals surface area (Å²) in [5.41, 5.74) is 0. The number of hydrogen-bond donors (Lipinski definition) is 2. The van der Waals surface area contributed by atoms with Gasteiger partial charge in [-0.3, -0.25) is 4.90 Å². The zero-order valence-corrected chi connectivity index (χ0v) is 13.4. The second-order valence-corrected chi connectivity index (χ2v) is 7.36. The average molecular weight is 352 g/mol. The molecule has 2 heterocycles. The first-order chi connectivity index (χ1) is 10.7. The standard InChI is InChI=1S/C13H19F3N4O2S/c1-17-23(21,22)11-2-3-12(19-7-11)18-6-10-4-5-20(8-10)9-13(14,15)16/h2-3,7,10,17H,4-6,8-9H2,1H3,(H,18,19). The van der Waals surface area contributed by atoms with Gasteiger partial charge in [0.25, 0.3) is 0 Å². The van der Waals surface area contributed by atoms with Crippen LogP contribution in [0.25, 0.3) is 0 Å². The third-order valence-electron chi connectivity index (χ3n) is 3.66. The van der Waals surface area contributed by atoms with Crippen molar-refractivity contribution in [3.05, 3.63) is 18.3 Å². The number of aromatic nitrogens is 1. The van der Waals surface area contributed by atoms with E-state index >= 15 is 0 Å². The molecule has 1 saturated heterocycles. The van der Waals surface area contributed by atoms with Crippen LogP contribution in [-0.2, 0) is 10.0 Å². The molecule has 0 amide bonds. The molecule has 0 bridgehead atoms. The van der Waals surface area contributed by atoms with E-state index in [1.807, 2.05) is 0 Å². The molecular formula is C13H19F3N4O2S. The minimum Gasteiger partial charge on any atom is -0.370 e. The van der Waals surface area contributed by atoms with Crippen molar-refractivity contribution >= 4 is 15.8 Å². The molecule has 1 fully saturated rings. The first kappa shape index (κ1) is 18.0. The smallest absolute Gasteiger partial charge is 0.370 e. The number of halogens is 3. The zero-order chi connectivity index (χ0) is 17.1. The highest BCUT2D eigenvalue weighted by atomic mass is 32.2. The number of nitrogens with one attached hydrogen (secondary N) is 2. The van der Waals surface area contributed by atoms with Crippen LogP contribution in [0.15, 0.2) is 23.2 Å². The van der Waals surface area contributed by atoms with E-state index in [-0.39, 0.29) is 10.8 Å². The maximum absolute atomic E-state index is 12.3. The predicted octanol–water partition coefficient (Wildman–Crippen LogP) is 1.29. The van der Waals surface area contributed by atoms with Gasteiger partial charge in [-0.1, -0.05) is 0 Å². The van der Waals surface area contributed by atoms with Crippen molar-refractivity contribution in [1.82, 2.24) is 14.6 Å². The van der Waals surface area contributed by atoms with Gasteiger partial charge in [0.2, 0.25) is 10.0 Å². The van der Waals surface area contributed by atoms with E-state index in [2.05, 4.69) is 15.0 Å². The van der Waals surface area contributed by atoms with Crippen LogP contribution in [0.4, 0.5) is 19.0 Å². The van der Waals surface area contributed by atoms with Crippen LogP contribution in [0.3, 0.4) is 0 Å². The van der Waals surface area contributed by atoms with Gasteiger partial charge in [0, 0.05) is 19.3 Å². The van der Waals surface area contributed by atoms with Crippen molar-refractivity contribution in [3.8, 4) is 0 Å². The van der Waals surface area contributed by atoms with Gasteiger partial charge in [-0.25, -0.2) is 18.1 Å². The normalized spacial score (nSPS) is 19.9. The van der Waals surface area contributed by atoms with Gasteiger partial charge in [0.05, 0.1) is 6.54 Å². The fraction of sp³-hybridized carbons (Fsp3) is 0.615. The summed E-state index contributed by atoms with van der Waals surface area (Å²) in [5, 5.41) is 3.03. The first-order valence-electron chi connectivity index (χ1n) is 7.12. The van der Waals surface area contributed by atoms with E-state index in [1.54, 1.807) is 0 Å². The first-order valence-corrected chi connectivity index (χ1v) is 8.60. The molecule has 1 aliphatic heterocycles. The fourth-order valence-electron chi connectivity index (χ4n) is 2.49. The quantitative estimate of drug-likeness (QED) is 0.807. The summed E-state index contributed by atoms with van der Waals surface area (Å²) in [6.07, 6.45) is -2.24. The van der Waals surface area contributed by atoms with Crippen LogP contribution in [0.1, 0.15) is 6.42 Å². The van der Waals surface area contributed by atoms with Crippen molar-refractivity contribution in [2.45, 2.75) is 17.5 Å². The maximum atomic E-state index is 12.3. The van der Waals surface area contributed by atoms with E-state index in [9.17, 15) is 21.6 Å². The Kier molecular flexibility index (Phi) is 5.48. The van der Waals surface area contributed by atoms with Crippen molar-refractivity contribution in [2.75, 3.05) is 38.5 Å². The van der Waals surface area contributed by atoms with Crippen molar-refractivity contribution in [1.29, 1.82) is 0 Å². The molecule has 1 aliphatic rings. The lowest BCUT2D eigenvalue weighted by Crippen LogP contribution is -2.33. The highest BCUT2D eigenvalue weighted by molar-refractivity contribution is 7.89. The van der Waals surface area contributed by atoms with E-state index < -0.39 is 22.7 Å². The number of rotatable bonds is 6. The number of alkyl halides is 3. The van der Waals surface area contributed by atoms with Crippen LogP contribution in [0.5, 0.6) is 0 Å². The molecule has 2 rings (SSSR count). The van der Waals surface area contributed by atoms with Crippen LogP contribution in [0, 0.1) is 5.92 Å². The molecule has 1 aromatic heterocycles. The number of likely N-dealkylation sites (tertiary alicyclic amines) is 1. The largest absolute Gasteiger partial charge is 0.401 e. The SMILES string of the molecule is CNS(=O)(=O)c1ccc(NCC2CCN(CC(F)(F)F)C2)nc1. The number of nitrogens with zero attached hydrogens (tertiary/aromatic N) is 2. The van der Waals surface area contributed by atoms with E-state index in [0.717, 1.165) is 0 Å². The molecule has 0 aliphatic carbocycles. The van der Waals surface area contributed by atoms with Crippen LogP contribution in [0.2, 0.25) is 0 Å². The van der Waals surface area contributed by atoms with Gasteiger partial charge in [-0.15, -0.1) is 0 Å². The summed E-state index contributed by atoms with van der Waals surface area (Å²) in [7, 11) is -2.21. The summed E-state index contributed by atoms with van der Waals surface area (Å²) < 4.78 is 62.3. The highest BCUT2D eigenvalue weighted by Crippen LogP contribution is 2.23. The Hall–Kier alpha value is -1.39. The van der Waals surface area contributed by atoms with E-state index in [0.29, 0.717) is 31.9 Å². The molecule has 1 unspecified atom stereocenters. The molecule has 23 heavy (non-hydrogen) atoms. The van der Waals surface area contributed by atoms with E-state index in [1.165, 1.54) is 30.3 Å². The fourth-order valence-corrected chi connectivity index (χ4v) is 3.16. The molecule has 2 N–H and O–H groups in total. The molecule has 10 heteroatoms. The van der Waals surface area contributed by atoms with Crippen LogP contribution >= 0.6 is 0 Å². The third kappa shape index (κ3) is 5.33. The molecule has 6 nitrogen and oxygen atoms in total. The summed E-state index contributed by atoms with van der Waals surface area (Å²) in [5.74, 6) is 0.606. The summed E-state index contributed by atoms with van der Waals surface area (Å²) >= 11 is 0. The molecule has 0 aromatic carbocycles. The summed E-state index contributed by atoms with van der Waals surface area (Å²) in [6.45, 7) is 0.440. The maximum Gasteiger partial charge on any atom is 0.401 e. The molecule has 1 atom stereocenters. The monoisotopic (exact) mass is 352 g/mol. The van der Waals surface area contributed by atoms with Gasteiger partial charge in [-0.05, 0) is 38.1 Å². The lowest BCUT2D eigenvalue weighted by Gasteiger charge is -2.18. The lowest BCUT2D eigenvalue weighted by molar-refractivity contribution is -0.143. The second-order valence-electron chi connectivity index (χ2n) is 5.47. The van der Waals surface area contributed by atoms with Crippen molar-refractivity contribution < 1.29 is 21.6 Å². The predicted molar refractivity (Wildman–Crippen MR) is 79.6 cm³/mol. The second kappa shape index (κ2) is 7.02. The van der Waals surface area contributed by atoms with Gasteiger partial charge in [0.15, 0.2) is 0 Å². The molecular weight excluding hydrogens is 333 g/mol. The van der Waals surface area contributed by atoms with E-state index in [4.69, 9.17) is 0 Å². The number of pyridine rings is 1. The Labute approximate surface area is 133 Å². The molecule has 0 saturated carbocycles. The number of anilines is 1. The zero-order valence-electron chi connectivity index (χ0n) is 12.6. The molecule has 130 valence electrons. The third-order valence-corrected chi connectivity index (χ3v) is 5.06. The minimum absolute atomic E-state index is 0.0581. The summed E-state index contributed by atoms with van der Waals surface area (Å²) in [6, 6.07) is 2.96. The number of hydrogen-bond acceptors (Lipinski definition) is 5. The van der Waals surface area contributed by atoms with Gasteiger partial charge >= 0.3 is 6.18 Å². The van der Waals surface area contributed by atoms with Gasteiger partial charge in [-0.2, -0.15) is 13.2 Å². The Morgan fingerprint density at radius 3 is 2.70 bits per heavy atom. The Morgan fingerprint density at radius 2 is 2.13 bits per heavy atom. The molecule has 1 aromatic rings. The van der Waals surface area contributed by atoms with Crippen molar-refractivity contribution in [3.63, 3.8) is 0 Å².